The third kappa shape index (κ3) is 7.04. The minimum absolute atomic E-state index is 0.154. The van der Waals surface area contributed by atoms with E-state index in [1.165, 1.54) is 0 Å². The summed E-state index contributed by atoms with van der Waals surface area (Å²) in [5.74, 6) is 0. The van der Waals surface area contributed by atoms with E-state index >= 15 is 0 Å². The van der Waals surface area contributed by atoms with Crippen LogP contribution in [0.1, 0.15) is 59.3 Å². The van der Waals surface area contributed by atoms with Crippen molar-refractivity contribution < 1.29 is 14.6 Å². The number of aliphatic hydroxyl groups is 2. The van der Waals surface area contributed by atoms with Crippen LogP contribution in [0, 0.1) is 5.41 Å². The number of alkyl halides is 1. The average molecular weight is 244 g/mol. The second-order valence-corrected chi connectivity index (χ2v) is 5.56. The van der Waals surface area contributed by atoms with Crippen molar-refractivity contribution in [2.24, 2.45) is 5.41 Å². The molecular weight excluding hydrogens is 218 g/mol. The minimum Gasteiger partial charge on any atom is -0.400 e. The molecule has 0 aromatic heterocycles. The maximum atomic E-state index is 13.4. The predicted octanol–water partition coefficient (Wildman–Crippen LogP) is 2.56. The van der Waals surface area contributed by atoms with Gasteiger partial charge in [0.15, 0.2) is 0 Å². The molecule has 0 fully saturated rings. The quantitative estimate of drug-likeness (QED) is 0.612. The summed E-state index contributed by atoms with van der Waals surface area (Å²) < 4.78 is 13.4. The lowest BCUT2D eigenvalue weighted by atomic mass is 9.65. The first kappa shape index (κ1) is 16.9. The highest BCUT2D eigenvalue weighted by Crippen LogP contribution is 2.35. The van der Waals surface area contributed by atoms with Crippen LogP contribution in [0.25, 0.3) is 0 Å². The van der Waals surface area contributed by atoms with Crippen molar-refractivity contribution in [2.75, 3.05) is 6.61 Å². The van der Waals surface area contributed by atoms with E-state index in [1.54, 1.807) is 13.8 Å². The van der Waals surface area contributed by atoms with Crippen LogP contribution in [0.15, 0.2) is 0 Å². The lowest BCUT2D eigenvalue weighted by Crippen LogP contribution is -2.39. The van der Waals surface area contributed by atoms with Crippen LogP contribution in [0.3, 0.4) is 0 Å². The Kier molecular flexibility index (Phi) is 7.33. The molecule has 0 amide bonds. The van der Waals surface area contributed by atoms with E-state index in [-0.39, 0.29) is 19.4 Å². The second kappa shape index (κ2) is 7.37. The van der Waals surface area contributed by atoms with Gasteiger partial charge >= 0.3 is 0 Å². The van der Waals surface area contributed by atoms with Gasteiger partial charge in [-0.1, -0.05) is 33.6 Å². The van der Waals surface area contributed by atoms with Crippen LogP contribution >= 0.6 is 0 Å². The zero-order chi connectivity index (χ0) is 13.5. The van der Waals surface area contributed by atoms with Crippen molar-refractivity contribution >= 4 is 7.85 Å². The summed E-state index contributed by atoms with van der Waals surface area (Å²) in [6.45, 7) is 5.42. The molecule has 0 aliphatic rings. The molecule has 3 atom stereocenters. The van der Waals surface area contributed by atoms with Crippen LogP contribution in [0.5, 0.6) is 0 Å². The average Bonchev–Trinajstić information content (AvgIpc) is 2.25. The Labute approximate surface area is 106 Å². The molecule has 0 aliphatic carbocycles. The molecule has 0 bridgehead atoms. The summed E-state index contributed by atoms with van der Waals surface area (Å²) >= 11 is 0. The molecule has 0 saturated heterocycles. The SMILES string of the molecule is [B]C(O)(CCCC)CC(C)(CO)CC(F)CC. The lowest BCUT2D eigenvalue weighted by molar-refractivity contribution is 0.0112. The molecule has 2 radical (unpaired) electrons. The Morgan fingerprint density at radius 1 is 1.35 bits per heavy atom. The van der Waals surface area contributed by atoms with E-state index in [4.69, 9.17) is 7.85 Å². The van der Waals surface area contributed by atoms with E-state index in [0.29, 0.717) is 12.8 Å². The number of halogens is 1. The number of unbranched alkanes of at least 4 members (excludes halogenated alkanes) is 1. The van der Waals surface area contributed by atoms with Crippen LogP contribution in [0.4, 0.5) is 4.39 Å². The highest BCUT2D eigenvalue weighted by molar-refractivity contribution is 6.14. The highest BCUT2D eigenvalue weighted by Gasteiger charge is 2.34. The largest absolute Gasteiger partial charge is 0.400 e. The van der Waals surface area contributed by atoms with Gasteiger partial charge in [-0.15, -0.1) is 0 Å². The fourth-order valence-electron chi connectivity index (χ4n) is 2.18. The molecule has 2 N–H and O–H groups in total. The van der Waals surface area contributed by atoms with Gasteiger partial charge in [-0.2, -0.15) is 0 Å². The fourth-order valence-corrected chi connectivity index (χ4v) is 2.18. The van der Waals surface area contributed by atoms with Crippen LogP contribution < -0.4 is 0 Å². The topological polar surface area (TPSA) is 40.5 Å². The zero-order valence-electron chi connectivity index (χ0n) is 11.4. The zero-order valence-corrected chi connectivity index (χ0v) is 11.4. The third-order valence-corrected chi connectivity index (χ3v) is 3.24. The van der Waals surface area contributed by atoms with Crippen LogP contribution in [-0.2, 0) is 0 Å². The minimum atomic E-state index is -1.30. The Morgan fingerprint density at radius 3 is 2.35 bits per heavy atom. The van der Waals surface area contributed by atoms with Crippen molar-refractivity contribution in [2.45, 2.75) is 71.0 Å². The smallest absolute Gasteiger partial charge is 0.113 e. The van der Waals surface area contributed by atoms with Crippen molar-refractivity contribution in [3.05, 3.63) is 0 Å². The van der Waals surface area contributed by atoms with E-state index in [1.807, 2.05) is 6.92 Å². The van der Waals surface area contributed by atoms with Gasteiger partial charge in [0.2, 0.25) is 0 Å². The summed E-state index contributed by atoms with van der Waals surface area (Å²) in [7, 11) is 5.80. The molecule has 17 heavy (non-hydrogen) atoms. The molecule has 0 aromatic rings. The van der Waals surface area contributed by atoms with Crippen molar-refractivity contribution in [1.29, 1.82) is 0 Å². The number of aliphatic hydroxyl groups excluding tert-OH is 1. The molecule has 0 heterocycles. The van der Waals surface area contributed by atoms with Gasteiger partial charge in [-0.25, -0.2) is 4.39 Å². The van der Waals surface area contributed by atoms with Crippen molar-refractivity contribution in [3.8, 4) is 0 Å². The second-order valence-electron chi connectivity index (χ2n) is 5.56. The Balaban J connectivity index is 4.44. The van der Waals surface area contributed by atoms with Gasteiger partial charge in [0.05, 0.1) is 0 Å². The van der Waals surface area contributed by atoms with Crippen molar-refractivity contribution in [3.63, 3.8) is 0 Å². The summed E-state index contributed by atoms with van der Waals surface area (Å²) in [4.78, 5) is 0. The summed E-state index contributed by atoms with van der Waals surface area (Å²) in [5.41, 5.74) is -1.95. The molecule has 4 heteroatoms. The first-order valence-corrected chi connectivity index (χ1v) is 6.55. The lowest BCUT2D eigenvalue weighted by Gasteiger charge is -2.36. The Morgan fingerprint density at radius 2 is 1.94 bits per heavy atom. The fraction of sp³-hybridized carbons (Fsp3) is 1.00. The summed E-state index contributed by atoms with van der Waals surface area (Å²) in [6, 6.07) is 0. The maximum Gasteiger partial charge on any atom is 0.113 e. The summed E-state index contributed by atoms with van der Waals surface area (Å²) in [6.07, 6.45) is 2.23. The van der Waals surface area contributed by atoms with Crippen LogP contribution in [0.2, 0.25) is 0 Å². The van der Waals surface area contributed by atoms with E-state index in [2.05, 4.69) is 0 Å². The van der Waals surface area contributed by atoms with Crippen molar-refractivity contribution in [1.82, 2.24) is 0 Å². The van der Waals surface area contributed by atoms with E-state index < -0.39 is 17.1 Å². The first-order chi connectivity index (χ1) is 7.78. The third-order valence-electron chi connectivity index (χ3n) is 3.24. The molecule has 100 valence electrons. The Bertz CT molecular complexity index is 212. The number of hydrogen-bond acceptors (Lipinski definition) is 2. The molecule has 3 unspecified atom stereocenters. The molecule has 0 rings (SSSR count). The van der Waals surface area contributed by atoms with Gasteiger partial charge in [-0.05, 0) is 31.1 Å². The van der Waals surface area contributed by atoms with E-state index in [0.717, 1.165) is 12.8 Å². The Hall–Kier alpha value is -0.0851. The van der Waals surface area contributed by atoms with E-state index in [9.17, 15) is 14.6 Å². The number of hydrogen-bond donors (Lipinski definition) is 2. The van der Waals surface area contributed by atoms with Gasteiger partial charge in [0, 0.05) is 12.1 Å². The summed E-state index contributed by atoms with van der Waals surface area (Å²) in [5, 5.41) is 19.4. The molecular formula is C13H26BFO2. The molecule has 0 aliphatic heterocycles. The standard InChI is InChI=1S/C13H26BFO2/c1-4-6-7-13(14,17)9-12(3,10-16)8-11(15)5-2/h11,16-17H,4-10H2,1-3H3. The molecule has 0 spiro atoms. The van der Waals surface area contributed by atoms with Gasteiger partial charge in [0.25, 0.3) is 0 Å². The van der Waals surface area contributed by atoms with Gasteiger partial charge in [0.1, 0.15) is 14.0 Å². The van der Waals surface area contributed by atoms with Gasteiger partial charge in [-0.3, -0.25) is 0 Å². The molecule has 0 saturated carbocycles. The first-order valence-electron chi connectivity index (χ1n) is 6.55. The normalized spacial score (nSPS) is 20.6. The maximum absolute atomic E-state index is 13.4. The molecule has 2 nitrogen and oxygen atoms in total. The monoisotopic (exact) mass is 244 g/mol. The number of rotatable bonds is 9. The highest BCUT2D eigenvalue weighted by atomic mass is 19.1. The van der Waals surface area contributed by atoms with Crippen LogP contribution in [-0.4, -0.2) is 36.3 Å². The van der Waals surface area contributed by atoms with Gasteiger partial charge < -0.3 is 10.2 Å². The predicted molar refractivity (Wildman–Crippen MR) is 69.8 cm³/mol. The molecule has 0 aromatic carbocycles.